The van der Waals surface area contributed by atoms with Crippen molar-refractivity contribution in [2.75, 3.05) is 7.11 Å². The molecular formula is C24H26N2O4S. The number of benzene rings is 3. The molecule has 162 valence electrons. The number of hydrogen-bond acceptors (Lipinski definition) is 4. The molecule has 6 nitrogen and oxygen atoms in total. The van der Waals surface area contributed by atoms with Crippen molar-refractivity contribution < 1.29 is 17.9 Å². The maximum atomic E-state index is 13.2. The summed E-state index contributed by atoms with van der Waals surface area (Å²) in [5.74, 6) is -0.177. The highest BCUT2D eigenvalue weighted by molar-refractivity contribution is 7.89. The first-order valence-electron chi connectivity index (χ1n) is 9.91. The Labute approximate surface area is 183 Å². The molecule has 7 heteroatoms. The fraction of sp³-hybridized carbons (Fsp3) is 0.208. The van der Waals surface area contributed by atoms with Gasteiger partial charge in [0.05, 0.1) is 7.11 Å². The number of aryl methyl sites for hydroxylation is 1. The third-order valence-corrected chi connectivity index (χ3v) is 6.31. The van der Waals surface area contributed by atoms with Crippen molar-refractivity contribution >= 4 is 15.9 Å². The van der Waals surface area contributed by atoms with E-state index in [1.165, 1.54) is 13.2 Å². The Bertz CT molecular complexity index is 1120. The largest absolute Gasteiger partial charge is 0.495 e. The molecule has 1 amide bonds. The number of ether oxygens (including phenoxy) is 1. The van der Waals surface area contributed by atoms with Gasteiger partial charge in [-0.1, -0.05) is 66.7 Å². The number of methoxy groups -OCH3 is 1. The highest BCUT2D eigenvalue weighted by atomic mass is 32.2. The van der Waals surface area contributed by atoms with Gasteiger partial charge < -0.3 is 10.1 Å². The van der Waals surface area contributed by atoms with Gasteiger partial charge in [-0.25, -0.2) is 8.42 Å². The summed E-state index contributed by atoms with van der Waals surface area (Å²) in [6.07, 6.45) is 0.217. The van der Waals surface area contributed by atoms with Gasteiger partial charge in [-0.3, -0.25) is 4.79 Å². The van der Waals surface area contributed by atoms with E-state index in [4.69, 9.17) is 4.74 Å². The van der Waals surface area contributed by atoms with Crippen LogP contribution in [0.15, 0.2) is 83.8 Å². The standard InChI is InChI=1S/C24H26N2O4S/c1-18-13-14-22(30-2)23(15-18)31(28,29)26-21(16-19-9-5-3-6-10-19)24(27)25-17-20-11-7-4-8-12-20/h3-15,21,26H,16-17H2,1-2H3,(H,25,27)/t21-/m1/s1. The summed E-state index contributed by atoms with van der Waals surface area (Å²) in [4.78, 5) is 13.0. The average molecular weight is 439 g/mol. The fourth-order valence-corrected chi connectivity index (χ4v) is 4.64. The maximum absolute atomic E-state index is 13.2. The number of nitrogens with one attached hydrogen (secondary N) is 2. The molecule has 3 rings (SSSR count). The molecule has 1 atom stereocenters. The highest BCUT2D eigenvalue weighted by Crippen LogP contribution is 2.25. The van der Waals surface area contributed by atoms with E-state index in [-0.39, 0.29) is 17.1 Å². The molecule has 2 N–H and O–H groups in total. The van der Waals surface area contributed by atoms with Crippen molar-refractivity contribution in [1.82, 2.24) is 10.0 Å². The smallest absolute Gasteiger partial charge is 0.244 e. The minimum Gasteiger partial charge on any atom is -0.495 e. The van der Waals surface area contributed by atoms with Crippen molar-refractivity contribution in [3.63, 3.8) is 0 Å². The number of carbonyl (C=O) groups is 1. The molecule has 3 aromatic rings. The highest BCUT2D eigenvalue weighted by Gasteiger charge is 2.28. The van der Waals surface area contributed by atoms with Gasteiger partial charge in [0.2, 0.25) is 15.9 Å². The molecule has 0 aliphatic rings. The van der Waals surface area contributed by atoms with Crippen molar-refractivity contribution in [3.05, 3.63) is 95.6 Å². The first-order valence-corrected chi connectivity index (χ1v) is 11.4. The number of carbonyl (C=O) groups excluding carboxylic acids is 1. The van der Waals surface area contributed by atoms with Crippen LogP contribution >= 0.6 is 0 Å². The second-order valence-corrected chi connectivity index (χ2v) is 8.90. The molecule has 3 aromatic carbocycles. The van der Waals surface area contributed by atoms with Crippen LogP contribution in [0.1, 0.15) is 16.7 Å². The molecule has 0 unspecified atom stereocenters. The van der Waals surface area contributed by atoms with Crippen molar-refractivity contribution in [2.45, 2.75) is 30.8 Å². The van der Waals surface area contributed by atoms with E-state index in [0.717, 1.165) is 16.7 Å². The first kappa shape index (κ1) is 22.5. The van der Waals surface area contributed by atoms with Gasteiger partial charge in [0.25, 0.3) is 0 Å². The molecular weight excluding hydrogens is 412 g/mol. The lowest BCUT2D eigenvalue weighted by atomic mass is 10.1. The molecule has 0 aliphatic heterocycles. The van der Waals surface area contributed by atoms with Crippen LogP contribution in [0.5, 0.6) is 5.75 Å². The van der Waals surface area contributed by atoms with Crippen LogP contribution in [0, 0.1) is 6.92 Å². The van der Waals surface area contributed by atoms with Crippen molar-refractivity contribution in [1.29, 1.82) is 0 Å². The second kappa shape index (κ2) is 10.2. The van der Waals surface area contributed by atoms with Gasteiger partial charge in [0.1, 0.15) is 16.7 Å². The van der Waals surface area contributed by atoms with E-state index >= 15 is 0 Å². The minimum absolute atomic E-state index is 0.00363. The normalized spacial score (nSPS) is 12.2. The van der Waals surface area contributed by atoms with Gasteiger partial charge in [0, 0.05) is 6.54 Å². The Morgan fingerprint density at radius 3 is 2.16 bits per heavy atom. The van der Waals surface area contributed by atoms with Gasteiger partial charge >= 0.3 is 0 Å². The summed E-state index contributed by atoms with van der Waals surface area (Å²) >= 11 is 0. The number of sulfonamides is 1. The molecule has 0 heterocycles. The van der Waals surface area contributed by atoms with E-state index in [2.05, 4.69) is 10.0 Å². The van der Waals surface area contributed by atoms with Gasteiger partial charge in [0.15, 0.2) is 0 Å². The van der Waals surface area contributed by atoms with E-state index < -0.39 is 22.0 Å². The molecule has 0 bridgehead atoms. The zero-order valence-corrected chi connectivity index (χ0v) is 18.4. The predicted molar refractivity (Wildman–Crippen MR) is 120 cm³/mol. The zero-order valence-electron chi connectivity index (χ0n) is 17.5. The lowest BCUT2D eigenvalue weighted by Crippen LogP contribution is -2.47. The number of hydrogen-bond donors (Lipinski definition) is 2. The molecule has 0 radical (unpaired) electrons. The van der Waals surface area contributed by atoms with E-state index in [0.29, 0.717) is 6.54 Å². The molecule has 0 fully saturated rings. The Balaban J connectivity index is 1.85. The van der Waals surface area contributed by atoms with E-state index in [1.807, 2.05) is 60.7 Å². The summed E-state index contributed by atoms with van der Waals surface area (Å²) in [7, 11) is -2.59. The van der Waals surface area contributed by atoms with Crippen molar-refractivity contribution in [2.24, 2.45) is 0 Å². The van der Waals surface area contributed by atoms with Crippen LogP contribution in [0.25, 0.3) is 0 Å². The maximum Gasteiger partial charge on any atom is 0.244 e. The van der Waals surface area contributed by atoms with Gasteiger partial charge in [-0.15, -0.1) is 0 Å². The minimum atomic E-state index is -4.01. The average Bonchev–Trinajstić information content (AvgIpc) is 2.78. The summed E-state index contributed by atoms with van der Waals surface area (Å²) in [6, 6.07) is 22.7. The first-order chi connectivity index (χ1) is 14.9. The molecule has 0 saturated heterocycles. The summed E-state index contributed by atoms with van der Waals surface area (Å²) in [6.45, 7) is 2.10. The lowest BCUT2D eigenvalue weighted by molar-refractivity contribution is -0.122. The lowest BCUT2D eigenvalue weighted by Gasteiger charge is -2.20. The van der Waals surface area contributed by atoms with E-state index in [1.54, 1.807) is 19.1 Å². The third kappa shape index (κ3) is 6.16. The number of rotatable bonds is 9. The van der Waals surface area contributed by atoms with Gasteiger partial charge in [-0.2, -0.15) is 4.72 Å². The Hall–Kier alpha value is -3.16. The molecule has 0 aliphatic carbocycles. The topological polar surface area (TPSA) is 84.5 Å². The zero-order chi connectivity index (χ0) is 22.3. The summed E-state index contributed by atoms with van der Waals surface area (Å²) < 4.78 is 34.2. The Kier molecular flexibility index (Phi) is 7.44. The van der Waals surface area contributed by atoms with Crippen LogP contribution in [0.4, 0.5) is 0 Å². The van der Waals surface area contributed by atoms with Crippen LogP contribution in [-0.2, 0) is 27.8 Å². The predicted octanol–water partition coefficient (Wildman–Crippen LogP) is 3.21. The molecule has 31 heavy (non-hydrogen) atoms. The third-order valence-electron chi connectivity index (χ3n) is 4.81. The summed E-state index contributed by atoms with van der Waals surface area (Å²) in [5, 5.41) is 2.84. The van der Waals surface area contributed by atoms with E-state index in [9.17, 15) is 13.2 Å². The molecule has 0 spiro atoms. The quantitative estimate of drug-likeness (QED) is 0.537. The SMILES string of the molecule is COc1ccc(C)cc1S(=O)(=O)N[C@H](Cc1ccccc1)C(=O)NCc1ccccc1. The second-order valence-electron chi connectivity index (χ2n) is 7.22. The molecule has 0 aromatic heterocycles. The van der Waals surface area contributed by atoms with Crippen molar-refractivity contribution in [3.8, 4) is 5.75 Å². The Morgan fingerprint density at radius 1 is 0.935 bits per heavy atom. The monoisotopic (exact) mass is 438 g/mol. The summed E-state index contributed by atoms with van der Waals surface area (Å²) in [5.41, 5.74) is 2.55. The van der Waals surface area contributed by atoms with Crippen LogP contribution in [0.3, 0.4) is 0 Å². The Morgan fingerprint density at radius 2 is 1.55 bits per heavy atom. The van der Waals surface area contributed by atoms with Crippen LogP contribution in [0.2, 0.25) is 0 Å². The van der Waals surface area contributed by atoms with Crippen LogP contribution < -0.4 is 14.8 Å². The van der Waals surface area contributed by atoms with Crippen LogP contribution in [-0.4, -0.2) is 27.5 Å². The van der Waals surface area contributed by atoms with Gasteiger partial charge in [-0.05, 0) is 42.2 Å². The molecule has 0 saturated carbocycles. The fourth-order valence-electron chi connectivity index (χ4n) is 3.19. The number of amides is 1.